The van der Waals surface area contributed by atoms with Crippen molar-refractivity contribution in [2.24, 2.45) is 0 Å². The number of methoxy groups -OCH3 is 1. The Morgan fingerprint density at radius 2 is 2.06 bits per heavy atom. The Balaban J connectivity index is 2.99. The van der Waals surface area contributed by atoms with E-state index in [0.29, 0.717) is 6.61 Å². The number of halogens is 1. The fourth-order valence-corrected chi connectivity index (χ4v) is 1.28. The van der Waals surface area contributed by atoms with Crippen molar-refractivity contribution in [1.82, 2.24) is 0 Å². The molecule has 0 aliphatic rings. The molecule has 0 spiro atoms. The van der Waals surface area contributed by atoms with Gasteiger partial charge in [0.15, 0.2) is 5.78 Å². The van der Waals surface area contributed by atoms with Gasteiger partial charge in [-0.05, 0) is 31.2 Å². The first-order valence-electron chi connectivity index (χ1n) is 5.31. The van der Waals surface area contributed by atoms with Gasteiger partial charge in [0.2, 0.25) is 0 Å². The number of carbonyl (C=O) groups is 2. The number of benzene rings is 1. The predicted molar refractivity (Wildman–Crippen MR) is 63.1 cm³/mol. The number of hydrogen-bond donors (Lipinski definition) is 0. The first kappa shape index (κ1) is 13.9. The summed E-state index contributed by atoms with van der Waals surface area (Å²) in [6.45, 7) is 2.11. The van der Waals surface area contributed by atoms with Gasteiger partial charge in [-0.1, -0.05) is 0 Å². The predicted octanol–water partition coefficient (Wildman–Crippen LogP) is 2.14. The molecular weight excluding hydrogens is 239 g/mol. The third-order valence-electron chi connectivity index (χ3n) is 2.08. The van der Waals surface area contributed by atoms with Crippen molar-refractivity contribution in [3.8, 4) is 5.75 Å². The summed E-state index contributed by atoms with van der Waals surface area (Å²) in [5, 5.41) is 0. The Morgan fingerprint density at radius 1 is 1.33 bits per heavy atom. The van der Waals surface area contributed by atoms with Crippen LogP contribution in [-0.4, -0.2) is 25.5 Å². The maximum absolute atomic E-state index is 13.1. The third-order valence-corrected chi connectivity index (χ3v) is 2.08. The number of allylic oxidation sites excluding steroid dienone is 1. The number of hydrogen-bond acceptors (Lipinski definition) is 4. The fourth-order valence-electron chi connectivity index (χ4n) is 1.28. The highest BCUT2D eigenvalue weighted by atomic mass is 19.1. The van der Waals surface area contributed by atoms with E-state index in [9.17, 15) is 14.0 Å². The molecule has 0 unspecified atom stereocenters. The fraction of sp³-hybridized carbons (Fsp3) is 0.231. The zero-order chi connectivity index (χ0) is 13.5. The van der Waals surface area contributed by atoms with Crippen molar-refractivity contribution in [3.05, 3.63) is 41.7 Å². The summed E-state index contributed by atoms with van der Waals surface area (Å²) in [4.78, 5) is 22.6. The Labute approximate surface area is 104 Å². The van der Waals surface area contributed by atoms with E-state index in [-0.39, 0.29) is 11.3 Å². The molecule has 0 aromatic heterocycles. The van der Waals surface area contributed by atoms with E-state index in [1.807, 2.05) is 0 Å². The minimum Gasteiger partial charge on any atom is -0.493 e. The van der Waals surface area contributed by atoms with Gasteiger partial charge in [0.05, 0.1) is 19.3 Å². The maximum Gasteiger partial charge on any atom is 0.330 e. The van der Waals surface area contributed by atoms with Crippen LogP contribution in [0.3, 0.4) is 0 Å². The molecule has 0 heterocycles. The van der Waals surface area contributed by atoms with Gasteiger partial charge in [-0.15, -0.1) is 0 Å². The molecular formula is C13H13FO4. The van der Waals surface area contributed by atoms with Crippen LogP contribution in [0, 0.1) is 5.82 Å². The molecule has 0 saturated carbocycles. The van der Waals surface area contributed by atoms with E-state index in [2.05, 4.69) is 4.74 Å². The molecule has 1 rings (SSSR count). The average Bonchev–Trinajstić information content (AvgIpc) is 2.37. The number of esters is 1. The largest absolute Gasteiger partial charge is 0.493 e. The summed E-state index contributed by atoms with van der Waals surface area (Å²) < 4.78 is 22.7. The number of rotatable bonds is 5. The molecule has 0 aliphatic heterocycles. The van der Waals surface area contributed by atoms with Crippen molar-refractivity contribution in [1.29, 1.82) is 0 Å². The molecule has 0 fully saturated rings. The third kappa shape index (κ3) is 3.69. The molecule has 0 amide bonds. The highest BCUT2D eigenvalue weighted by Gasteiger charge is 2.11. The minimum atomic E-state index is -0.655. The van der Waals surface area contributed by atoms with E-state index >= 15 is 0 Å². The Morgan fingerprint density at radius 3 is 2.67 bits per heavy atom. The van der Waals surface area contributed by atoms with Gasteiger partial charge in [-0.2, -0.15) is 0 Å². The molecule has 0 bridgehead atoms. The Kier molecular flexibility index (Phi) is 5.05. The lowest BCUT2D eigenvalue weighted by Crippen LogP contribution is -2.03. The van der Waals surface area contributed by atoms with Crippen molar-refractivity contribution in [2.75, 3.05) is 13.7 Å². The van der Waals surface area contributed by atoms with Crippen molar-refractivity contribution >= 4 is 11.8 Å². The summed E-state index contributed by atoms with van der Waals surface area (Å²) >= 11 is 0. The van der Waals surface area contributed by atoms with Gasteiger partial charge >= 0.3 is 5.97 Å². The molecule has 4 nitrogen and oxygen atoms in total. The summed E-state index contributed by atoms with van der Waals surface area (Å²) in [5.41, 5.74) is 0.0667. The zero-order valence-corrected chi connectivity index (χ0v) is 10.1. The summed E-state index contributed by atoms with van der Waals surface area (Å²) in [5.74, 6) is -1.45. The first-order valence-corrected chi connectivity index (χ1v) is 5.31. The van der Waals surface area contributed by atoms with Crippen LogP contribution in [0.4, 0.5) is 4.39 Å². The van der Waals surface area contributed by atoms with E-state index in [4.69, 9.17) is 4.74 Å². The molecule has 5 heteroatoms. The van der Waals surface area contributed by atoms with Gasteiger partial charge in [-0.25, -0.2) is 9.18 Å². The van der Waals surface area contributed by atoms with Gasteiger partial charge in [-0.3, -0.25) is 4.79 Å². The van der Waals surface area contributed by atoms with E-state index in [1.165, 1.54) is 19.2 Å². The van der Waals surface area contributed by atoms with Crippen LogP contribution < -0.4 is 4.74 Å². The molecule has 1 aromatic rings. The molecule has 0 radical (unpaired) electrons. The molecule has 0 aliphatic carbocycles. The van der Waals surface area contributed by atoms with E-state index < -0.39 is 17.6 Å². The van der Waals surface area contributed by atoms with Crippen LogP contribution in [0.1, 0.15) is 17.3 Å². The number of ketones is 1. The minimum absolute atomic E-state index is 0.0667. The normalized spacial score (nSPS) is 10.4. The second kappa shape index (κ2) is 6.54. The monoisotopic (exact) mass is 252 g/mol. The van der Waals surface area contributed by atoms with Crippen LogP contribution in [0.25, 0.3) is 0 Å². The number of ether oxygens (including phenoxy) is 2. The first-order chi connectivity index (χ1) is 8.58. The quantitative estimate of drug-likeness (QED) is 0.457. The summed E-state index contributed by atoms with van der Waals surface area (Å²) in [7, 11) is 1.20. The van der Waals surface area contributed by atoms with Crippen molar-refractivity contribution < 1.29 is 23.5 Å². The topological polar surface area (TPSA) is 52.6 Å². The molecule has 0 atom stereocenters. The second-order valence-corrected chi connectivity index (χ2v) is 3.29. The standard InChI is InChI=1S/C13H13FO4/c1-3-18-12-6-4-9(14)8-10(12)11(15)5-7-13(16)17-2/h4-8H,3H2,1-2H3/b7-5+. The van der Waals surface area contributed by atoms with Crippen LogP contribution in [0.15, 0.2) is 30.4 Å². The van der Waals surface area contributed by atoms with Gasteiger partial charge in [0, 0.05) is 6.08 Å². The molecule has 0 N–H and O–H groups in total. The van der Waals surface area contributed by atoms with Gasteiger partial charge in [0.25, 0.3) is 0 Å². The average molecular weight is 252 g/mol. The SMILES string of the molecule is CCOc1ccc(F)cc1C(=O)/C=C/C(=O)OC. The number of carbonyl (C=O) groups excluding carboxylic acids is 2. The van der Waals surface area contributed by atoms with Crippen molar-refractivity contribution in [2.45, 2.75) is 6.92 Å². The van der Waals surface area contributed by atoms with Crippen molar-refractivity contribution in [3.63, 3.8) is 0 Å². The molecule has 1 aromatic carbocycles. The molecule has 0 saturated heterocycles. The van der Waals surface area contributed by atoms with Gasteiger partial charge < -0.3 is 9.47 Å². The van der Waals surface area contributed by atoms with E-state index in [0.717, 1.165) is 18.2 Å². The van der Waals surface area contributed by atoms with E-state index in [1.54, 1.807) is 6.92 Å². The zero-order valence-electron chi connectivity index (χ0n) is 10.1. The summed E-state index contributed by atoms with van der Waals surface area (Å²) in [6, 6.07) is 3.64. The summed E-state index contributed by atoms with van der Waals surface area (Å²) in [6.07, 6.45) is 1.99. The highest BCUT2D eigenvalue weighted by molar-refractivity contribution is 6.08. The smallest absolute Gasteiger partial charge is 0.330 e. The van der Waals surface area contributed by atoms with Crippen LogP contribution in [0.2, 0.25) is 0 Å². The van der Waals surface area contributed by atoms with Gasteiger partial charge in [0.1, 0.15) is 11.6 Å². The second-order valence-electron chi connectivity index (χ2n) is 3.29. The molecule has 18 heavy (non-hydrogen) atoms. The Hall–Kier alpha value is -2.17. The lowest BCUT2D eigenvalue weighted by molar-refractivity contribution is -0.134. The van der Waals surface area contributed by atoms with Crippen LogP contribution in [0.5, 0.6) is 5.75 Å². The van der Waals surface area contributed by atoms with Crippen LogP contribution >= 0.6 is 0 Å². The lowest BCUT2D eigenvalue weighted by atomic mass is 10.1. The highest BCUT2D eigenvalue weighted by Crippen LogP contribution is 2.20. The van der Waals surface area contributed by atoms with Crippen LogP contribution in [-0.2, 0) is 9.53 Å². The Bertz CT molecular complexity index is 480. The maximum atomic E-state index is 13.1. The molecule has 96 valence electrons. The lowest BCUT2D eigenvalue weighted by Gasteiger charge is -2.07.